The van der Waals surface area contributed by atoms with Crippen LogP contribution in [0.4, 0.5) is 10.5 Å². The molecule has 0 aliphatic heterocycles. The Bertz CT molecular complexity index is 1000. The molecule has 0 atom stereocenters. The van der Waals surface area contributed by atoms with E-state index in [1.165, 1.54) is 0 Å². The molecular weight excluding hydrogens is 372 g/mol. The molecule has 0 aliphatic rings. The summed E-state index contributed by atoms with van der Waals surface area (Å²) in [6.45, 7) is -0.583. The van der Waals surface area contributed by atoms with Gasteiger partial charge in [-0.2, -0.15) is 0 Å². The van der Waals surface area contributed by atoms with Gasteiger partial charge >= 0.3 is 12.0 Å². The van der Waals surface area contributed by atoms with Gasteiger partial charge in [0.05, 0.1) is 5.56 Å². The molecule has 0 aromatic heterocycles. The highest BCUT2D eigenvalue weighted by atomic mass is 16.5. The van der Waals surface area contributed by atoms with Crippen molar-refractivity contribution in [1.82, 2.24) is 5.32 Å². The molecule has 3 aromatic carbocycles. The number of urea groups is 1. The summed E-state index contributed by atoms with van der Waals surface area (Å²) in [6.07, 6.45) is 0. The molecule has 0 unspecified atom stereocenters. The highest BCUT2D eigenvalue weighted by molar-refractivity contribution is 6.02. The lowest BCUT2D eigenvalue weighted by Gasteiger charge is -2.08. The van der Waals surface area contributed by atoms with Gasteiger partial charge in [-0.05, 0) is 47.5 Å². The minimum absolute atomic E-state index is 0.171. The predicted octanol–water partition coefficient (Wildman–Crippen LogP) is 3.56. The lowest BCUT2D eigenvalue weighted by atomic mass is 10.0. The molecule has 3 N–H and O–H groups in total. The first-order chi connectivity index (χ1) is 14.0. The zero-order chi connectivity index (χ0) is 20.6. The van der Waals surface area contributed by atoms with Crippen LogP contribution in [0.2, 0.25) is 0 Å². The summed E-state index contributed by atoms with van der Waals surface area (Å²) in [5.74, 6) is -1.25. The fraction of sp³-hybridized carbons (Fsp3) is 0.0455. The summed E-state index contributed by atoms with van der Waals surface area (Å²) in [5, 5.41) is 13.9. The second-order valence-corrected chi connectivity index (χ2v) is 6.07. The second-order valence-electron chi connectivity index (χ2n) is 6.07. The Balaban J connectivity index is 1.49. The van der Waals surface area contributed by atoms with Gasteiger partial charge in [0.25, 0.3) is 5.91 Å². The smallest absolute Gasteiger partial charge is 0.338 e. The van der Waals surface area contributed by atoms with Crippen LogP contribution in [0.1, 0.15) is 10.4 Å². The van der Waals surface area contributed by atoms with Crippen molar-refractivity contribution in [3.05, 3.63) is 84.4 Å². The number of carbonyl (C=O) groups excluding carboxylic acids is 3. The molecule has 0 bridgehead atoms. The van der Waals surface area contributed by atoms with Gasteiger partial charge in [-0.1, -0.05) is 42.5 Å². The minimum atomic E-state index is -0.743. The summed E-state index contributed by atoms with van der Waals surface area (Å²) in [6, 6.07) is 21.2. The largest absolute Gasteiger partial charge is 0.508 e. The number of imide groups is 1. The maximum absolute atomic E-state index is 12.1. The third-order valence-electron chi connectivity index (χ3n) is 3.94. The number of esters is 1. The van der Waals surface area contributed by atoms with Gasteiger partial charge in [-0.15, -0.1) is 0 Å². The van der Waals surface area contributed by atoms with E-state index < -0.39 is 24.5 Å². The summed E-state index contributed by atoms with van der Waals surface area (Å²) in [7, 11) is 0. The number of amides is 3. The number of phenolic OH excluding ortho intramolecular Hbond substituents is 1. The summed E-state index contributed by atoms with van der Waals surface area (Å²) < 4.78 is 4.94. The molecule has 7 heteroatoms. The Labute approximate surface area is 166 Å². The molecule has 0 fully saturated rings. The van der Waals surface area contributed by atoms with Crippen molar-refractivity contribution >= 4 is 23.6 Å². The fourth-order valence-electron chi connectivity index (χ4n) is 2.51. The van der Waals surface area contributed by atoms with Crippen LogP contribution in [0.25, 0.3) is 11.1 Å². The Morgan fingerprint density at radius 3 is 2.00 bits per heavy atom. The molecule has 7 nitrogen and oxygen atoms in total. The minimum Gasteiger partial charge on any atom is -0.508 e. The molecule has 29 heavy (non-hydrogen) atoms. The van der Waals surface area contributed by atoms with Gasteiger partial charge in [-0.3, -0.25) is 10.1 Å². The Morgan fingerprint density at radius 1 is 0.793 bits per heavy atom. The molecule has 146 valence electrons. The molecule has 3 aromatic rings. The van der Waals surface area contributed by atoms with Gasteiger partial charge in [-0.25, -0.2) is 9.59 Å². The van der Waals surface area contributed by atoms with E-state index in [0.29, 0.717) is 5.69 Å². The number of para-hydroxylation sites is 1. The first kappa shape index (κ1) is 19.6. The molecule has 0 saturated carbocycles. The Kier molecular flexibility index (Phi) is 6.22. The lowest BCUT2D eigenvalue weighted by Crippen LogP contribution is -2.37. The van der Waals surface area contributed by atoms with E-state index in [2.05, 4.69) is 10.6 Å². The van der Waals surface area contributed by atoms with Crippen LogP contribution >= 0.6 is 0 Å². The number of hydrogen-bond acceptors (Lipinski definition) is 5. The van der Waals surface area contributed by atoms with E-state index in [1.54, 1.807) is 78.9 Å². The quantitative estimate of drug-likeness (QED) is 0.578. The number of ether oxygens (including phenoxy) is 1. The van der Waals surface area contributed by atoms with Gasteiger partial charge in [0.2, 0.25) is 0 Å². The van der Waals surface area contributed by atoms with Gasteiger partial charge < -0.3 is 15.2 Å². The zero-order valence-corrected chi connectivity index (χ0v) is 15.3. The molecule has 0 saturated heterocycles. The van der Waals surface area contributed by atoms with Crippen LogP contribution < -0.4 is 10.6 Å². The van der Waals surface area contributed by atoms with Crippen molar-refractivity contribution in [2.75, 3.05) is 11.9 Å². The third-order valence-corrected chi connectivity index (χ3v) is 3.94. The van der Waals surface area contributed by atoms with Gasteiger partial charge in [0, 0.05) is 5.69 Å². The van der Waals surface area contributed by atoms with Crippen molar-refractivity contribution in [3.8, 4) is 16.9 Å². The Hall–Kier alpha value is -4.13. The molecule has 0 aliphatic carbocycles. The number of hydrogen-bond donors (Lipinski definition) is 3. The molecule has 3 amide bonds. The van der Waals surface area contributed by atoms with Crippen molar-refractivity contribution in [3.63, 3.8) is 0 Å². The number of phenols is 1. The molecule has 0 radical (unpaired) electrons. The average Bonchev–Trinajstić information content (AvgIpc) is 2.73. The number of anilines is 1. The van der Waals surface area contributed by atoms with E-state index in [9.17, 15) is 19.5 Å². The summed E-state index contributed by atoms with van der Waals surface area (Å²) >= 11 is 0. The predicted molar refractivity (Wildman–Crippen MR) is 107 cm³/mol. The topological polar surface area (TPSA) is 105 Å². The lowest BCUT2D eigenvalue weighted by molar-refractivity contribution is -0.123. The number of carbonyl (C=O) groups is 3. The normalized spacial score (nSPS) is 10.1. The van der Waals surface area contributed by atoms with E-state index in [0.717, 1.165) is 11.1 Å². The van der Waals surface area contributed by atoms with Gasteiger partial charge in [0.15, 0.2) is 6.61 Å². The number of benzene rings is 3. The van der Waals surface area contributed by atoms with Crippen LogP contribution in [0.15, 0.2) is 78.9 Å². The highest BCUT2D eigenvalue weighted by Gasteiger charge is 2.13. The molecular formula is C22H18N2O5. The zero-order valence-electron chi connectivity index (χ0n) is 15.3. The maximum Gasteiger partial charge on any atom is 0.338 e. The van der Waals surface area contributed by atoms with Crippen molar-refractivity contribution in [2.24, 2.45) is 0 Å². The standard InChI is InChI=1S/C22H18N2O5/c25-19-12-10-16(11-13-19)15-6-8-17(9-7-15)21(27)29-14-20(26)24-22(28)23-18-4-2-1-3-5-18/h1-13,25H,14H2,(H2,23,24,26,28). The SMILES string of the molecule is O=C(COC(=O)c1ccc(-c2ccc(O)cc2)cc1)NC(=O)Nc1ccccc1. The molecule has 0 spiro atoms. The maximum atomic E-state index is 12.1. The molecule has 3 rings (SSSR count). The molecule has 0 heterocycles. The van der Waals surface area contributed by atoms with Crippen LogP contribution in [0, 0.1) is 0 Å². The first-order valence-electron chi connectivity index (χ1n) is 8.74. The van der Waals surface area contributed by atoms with Crippen LogP contribution in [-0.4, -0.2) is 29.6 Å². The van der Waals surface area contributed by atoms with Crippen molar-refractivity contribution in [1.29, 1.82) is 0 Å². The fourth-order valence-corrected chi connectivity index (χ4v) is 2.51. The summed E-state index contributed by atoms with van der Waals surface area (Å²) in [5.41, 5.74) is 2.54. The number of rotatable bonds is 5. The first-order valence-corrected chi connectivity index (χ1v) is 8.74. The average molecular weight is 390 g/mol. The Morgan fingerprint density at radius 2 is 1.38 bits per heavy atom. The van der Waals surface area contributed by atoms with E-state index >= 15 is 0 Å². The van der Waals surface area contributed by atoms with Crippen LogP contribution in [0.3, 0.4) is 0 Å². The third kappa shape index (κ3) is 5.67. The number of nitrogens with one attached hydrogen (secondary N) is 2. The monoisotopic (exact) mass is 390 g/mol. The summed E-state index contributed by atoms with van der Waals surface area (Å²) in [4.78, 5) is 35.6. The van der Waals surface area contributed by atoms with Crippen LogP contribution in [-0.2, 0) is 9.53 Å². The van der Waals surface area contributed by atoms with E-state index in [1.807, 2.05) is 0 Å². The van der Waals surface area contributed by atoms with Crippen molar-refractivity contribution in [2.45, 2.75) is 0 Å². The number of aromatic hydroxyl groups is 1. The highest BCUT2D eigenvalue weighted by Crippen LogP contribution is 2.22. The van der Waals surface area contributed by atoms with Crippen molar-refractivity contribution < 1.29 is 24.2 Å². The van der Waals surface area contributed by atoms with Crippen LogP contribution in [0.5, 0.6) is 5.75 Å². The van der Waals surface area contributed by atoms with Gasteiger partial charge in [0.1, 0.15) is 5.75 Å². The van der Waals surface area contributed by atoms with E-state index in [4.69, 9.17) is 4.74 Å². The second kappa shape index (κ2) is 9.18. The van der Waals surface area contributed by atoms with E-state index in [-0.39, 0.29) is 11.3 Å².